The number of nitro groups is 2. The number of hydrogen-bond acceptors (Lipinski definition) is 9. The highest BCUT2D eigenvalue weighted by Gasteiger charge is 2.19. The largest absolute Gasteiger partial charge is 0.377 e. The third-order valence-corrected chi connectivity index (χ3v) is 5.05. The van der Waals surface area contributed by atoms with Crippen LogP contribution in [-0.4, -0.2) is 44.6 Å². The predicted molar refractivity (Wildman–Crippen MR) is 103 cm³/mol. The smallest absolute Gasteiger partial charge is 0.299 e. The maximum absolute atomic E-state index is 12.0. The van der Waals surface area contributed by atoms with Gasteiger partial charge in [-0.2, -0.15) is 8.42 Å². The van der Waals surface area contributed by atoms with E-state index >= 15 is 0 Å². The topological polar surface area (TPSA) is 151 Å². The number of nitrogens with zero attached hydrogens (tertiary/aromatic N) is 2. The van der Waals surface area contributed by atoms with Crippen LogP contribution in [0.15, 0.2) is 47.4 Å². The molecule has 2 rings (SSSR count). The second-order valence-electron chi connectivity index (χ2n) is 5.84. The molecule has 11 nitrogen and oxygen atoms in total. The van der Waals surface area contributed by atoms with Gasteiger partial charge in [0.25, 0.3) is 21.5 Å². The van der Waals surface area contributed by atoms with E-state index in [0.29, 0.717) is 0 Å². The number of non-ortho nitro benzene ring substituents is 1. The first-order valence-corrected chi connectivity index (χ1v) is 9.82. The average molecular weight is 425 g/mol. The summed E-state index contributed by atoms with van der Waals surface area (Å²) >= 11 is 0. The summed E-state index contributed by atoms with van der Waals surface area (Å²) in [6.45, 7) is 1.93. The van der Waals surface area contributed by atoms with Crippen LogP contribution < -0.4 is 5.32 Å². The van der Waals surface area contributed by atoms with Crippen LogP contribution in [0.2, 0.25) is 0 Å². The van der Waals surface area contributed by atoms with Crippen molar-refractivity contribution >= 4 is 27.2 Å². The average Bonchev–Trinajstić information content (AvgIpc) is 2.67. The first-order valence-electron chi connectivity index (χ1n) is 8.41. The zero-order valence-electron chi connectivity index (χ0n) is 15.4. The monoisotopic (exact) mass is 425 g/mol. The first-order chi connectivity index (χ1) is 13.7. The predicted octanol–water partition coefficient (Wildman–Crippen LogP) is 2.65. The molecule has 0 atom stereocenters. The van der Waals surface area contributed by atoms with Crippen LogP contribution in [0.5, 0.6) is 0 Å². The highest BCUT2D eigenvalue weighted by molar-refractivity contribution is 7.86. The summed E-state index contributed by atoms with van der Waals surface area (Å²) in [5, 5.41) is 24.5. The highest BCUT2D eigenvalue weighted by atomic mass is 32.2. The molecule has 0 fully saturated rings. The molecule has 12 heteroatoms. The summed E-state index contributed by atoms with van der Waals surface area (Å²) in [5.41, 5.74) is 0.229. The maximum atomic E-state index is 12.0. The van der Waals surface area contributed by atoms with E-state index in [1.807, 2.05) is 6.92 Å². The third kappa shape index (κ3) is 6.48. The lowest BCUT2D eigenvalue weighted by molar-refractivity contribution is -0.393. The van der Waals surface area contributed by atoms with Crippen LogP contribution >= 0.6 is 0 Å². The molecule has 0 saturated heterocycles. The first kappa shape index (κ1) is 22.2. The summed E-state index contributed by atoms with van der Waals surface area (Å²) in [4.78, 5) is 20.4. The standard InChI is InChI=1S/C17H19N3O8S/c1-13-2-5-15(6-3-13)29(25,26)28-11-10-27-9-8-18-16-7-4-14(19(21)22)12-17(16)20(23)24/h2-7,12,18H,8-11H2,1H3. The Morgan fingerprint density at radius 3 is 2.28 bits per heavy atom. The van der Waals surface area contributed by atoms with Gasteiger partial charge in [0.1, 0.15) is 5.69 Å². The van der Waals surface area contributed by atoms with Crippen LogP contribution in [0.4, 0.5) is 17.1 Å². The number of nitro benzene ring substituents is 2. The van der Waals surface area contributed by atoms with Crippen molar-refractivity contribution in [2.75, 3.05) is 31.7 Å². The summed E-state index contributed by atoms with van der Waals surface area (Å²) in [6, 6.07) is 9.49. The highest BCUT2D eigenvalue weighted by Crippen LogP contribution is 2.28. The number of ether oxygens (including phenoxy) is 1. The molecule has 0 aliphatic carbocycles. The number of rotatable bonds is 11. The van der Waals surface area contributed by atoms with E-state index in [1.165, 1.54) is 18.2 Å². The molecule has 0 saturated carbocycles. The van der Waals surface area contributed by atoms with Gasteiger partial charge in [-0.3, -0.25) is 24.4 Å². The van der Waals surface area contributed by atoms with Crippen LogP contribution in [-0.2, 0) is 19.0 Å². The number of anilines is 1. The lowest BCUT2D eigenvalue weighted by Crippen LogP contribution is -2.15. The SMILES string of the molecule is Cc1ccc(S(=O)(=O)OCCOCCNc2ccc([N+](=O)[O-])cc2[N+](=O)[O-])cc1. The van der Waals surface area contributed by atoms with Gasteiger partial charge in [0.15, 0.2) is 0 Å². The minimum atomic E-state index is -3.86. The number of hydrogen-bond donors (Lipinski definition) is 1. The van der Waals surface area contributed by atoms with Crippen molar-refractivity contribution < 1.29 is 27.2 Å². The van der Waals surface area contributed by atoms with Crippen LogP contribution in [0, 0.1) is 27.2 Å². The van der Waals surface area contributed by atoms with Crippen molar-refractivity contribution in [3.8, 4) is 0 Å². The zero-order valence-corrected chi connectivity index (χ0v) is 16.3. The Hall–Kier alpha value is -3.09. The van der Waals surface area contributed by atoms with Crippen molar-refractivity contribution in [2.24, 2.45) is 0 Å². The summed E-state index contributed by atoms with van der Waals surface area (Å²) in [7, 11) is -3.86. The fourth-order valence-corrected chi connectivity index (χ4v) is 3.16. The van der Waals surface area contributed by atoms with Crippen molar-refractivity contribution in [1.82, 2.24) is 0 Å². The molecule has 0 radical (unpaired) electrons. The number of benzene rings is 2. The van der Waals surface area contributed by atoms with Crippen LogP contribution in [0.25, 0.3) is 0 Å². The zero-order chi connectivity index (χ0) is 21.4. The molecule has 0 heterocycles. The molecule has 1 N–H and O–H groups in total. The third-order valence-electron chi connectivity index (χ3n) is 3.73. The van der Waals surface area contributed by atoms with E-state index in [1.54, 1.807) is 12.1 Å². The van der Waals surface area contributed by atoms with E-state index in [9.17, 15) is 28.6 Å². The number of nitrogens with one attached hydrogen (secondary N) is 1. The van der Waals surface area contributed by atoms with E-state index < -0.39 is 25.7 Å². The summed E-state index contributed by atoms with van der Waals surface area (Å²) < 4.78 is 34.1. The molecule has 2 aromatic carbocycles. The summed E-state index contributed by atoms with van der Waals surface area (Å²) in [6.07, 6.45) is 0. The Kier molecular flexibility index (Phi) is 7.59. The van der Waals surface area contributed by atoms with E-state index in [2.05, 4.69) is 5.32 Å². The molecule has 0 aliphatic rings. The number of aryl methyl sites for hydroxylation is 1. The molecule has 156 valence electrons. The fourth-order valence-electron chi connectivity index (χ4n) is 2.27. The lowest BCUT2D eigenvalue weighted by atomic mass is 10.2. The molecule has 0 unspecified atom stereocenters. The van der Waals surface area contributed by atoms with E-state index in [0.717, 1.165) is 17.7 Å². The molecular weight excluding hydrogens is 406 g/mol. The van der Waals surface area contributed by atoms with Crippen molar-refractivity contribution in [2.45, 2.75) is 11.8 Å². The second kappa shape index (κ2) is 9.91. The van der Waals surface area contributed by atoms with Gasteiger partial charge < -0.3 is 10.1 Å². The molecule has 29 heavy (non-hydrogen) atoms. The van der Waals surface area contributed by atoms with Gasteiger partial charge in [-0.1, -0.05) is 17.7 Å². The van der Waals surface area contributed by atoms with E-state index in [-0.39, 0.29) is 42.6 Å². The van der Waals surface area contributed by atoms with Crippen molar-refractivity contribution in [1.29, 1.82) is 0 Å². The van der Waals surface area contributed by atoms with Gasteiger partial charge in [0.05, 0.1) is 40.6 Å². The van der Waals surface area contributed by atoms with Crippen molar-refractivity contribution in [3.63, 3.8) is 0 Å². The van der Waals surface area contributed by atoms with E-state index in [4.69, 9.17) is 8.92 Å². The molecule has 2 aromatic rings. The van der Waals surface area contributed by atoms with Crippen molar-refractivity contribution in [3.05, 3.63) is 68.3 Å². The normalized spacial score (nSPS) is 11.2. The summed E-state index contributed by atoms with van der Waals surface area (Å²) in [5.74, 6) is 0. The minimum Gasteiger partial charge on any atom is -0.377 e. The molecule has 0 aliphatic heterocycles. The van der Waals surface area contributed by atoms with Gasteiger partial charge in [-0.15, -0.1) is 0 Å². The van der Waals surface area contributed by atoms with Gasteiger partial charge >= 0.3 is 0 Å². The van der Waals surface area contributed by atoms with Gasteiger partial charge in [0.2, 0.25) is 0 Å². The molecule has 0 amide bonds. The van der Waals surface area contributed by atoms with Gasteiger partial charge in [-0.25, -0.2) is 0 Å². The quantitative estimate of drug-likeness (QED) is 0.248. The Balaban J connectivity index is 1.75. The molecule has 0 spiro atoms. The Morgan fingerprint density at radius 1 is 0.966 bits per heavy atom. The Bertz CT molecular complexity index is 977. The Morgan fingerprint density at radius 2 is 1.66 bits per heavy atom. The maximum Gasteiger partial charge on any atom is 0.299 e. The van der Waals surface area contributed by atoms with Gasteiger partial charge in [-0.05, 0) is 25.1 Å². The van der Waals surface area contributed by atoms with Gasteiger partial charge in [0, 0.05) is 12.6 Å². The van der Waals surface area contributed by atoms with Crippen LogP contribution in [0.3, 0.4) is 0 Å². The molecule has 0 aromatic heterocycles. The minimum absolute atomic E-state index is 0.00484. The van der Waals surface area contributed by atoms with Crippen LogP contribution in [0.1, 0.15) is 5.56 Å². The second-order valence-corrected chi connectivity index (χ2v) is 7.46. The fraction of sp³-hybridized carbons (Fsp3) is 0.294. The molecule has 0 bridgehead atoms. The lowest BCUT2D eigenvalue weighted by Gasteiger charge is -2.09. The Labute approximate surface area is 166 Å². The molecular formula is C17H19N3O8S.